The maximum atomic E-state index is 4.38. The van der Waals surface area contributed by atoms with Crippen molar-refractivity contribution >= 4 is 12.2 Å². The minimum atomic E-state index is 0.940. The van der Waals surface area contributed by atoms with E-state index in [2.05, 4.69) is 18.1 Å². The zero-order valence-electron chi connectivity index (χ0n) is 7.83. The first-order valence-electron chi connectivity index (χ1n) is 4.17. The maximum absolute atomic E-state index is 4.38. The fourth-order valence-corrected chi connectivity index (χ4v) is 1.05. The lowest BCUT2D eigenvalue weighted by Crippen LogP contribution is -1.88. The lowest BCUT2D eigenvalue weighted by atomic mass is 10.1. The summed E-state index contributed by atoms with van der Waals surface area (Å²) in [6, 6.07) is 3.99. The molecule has 1 rings (SSSR count). The molecule has 0 atom stereocenters. The van der Waals surface area contributed by atoms with Gasteiger partial charge in [-0.25, -0.2) is 0 Å². The number of hydrogen-bond donors (Lipinski definition) is 0. The Morgan fingerprint density at radius 3 is 2.69 bits per heavy atom. The largest absolute Gasteiger partial charge is 0.253 e. The van der Waals surface area contributed by atoms with Crippen LogP contribution in [0, 0.1) is 6.92 Å². The Morgan fingerprint density at radius 2 is 2.08 bits per heavy atom. The van der Waals surface area contributed by atoms with E-state index in [-0.39, 0.29) is 0 Å². The van der Waals surface area contributed by atoms with E-state index in [9.17, 15) is 0 Å². The first kappa shape index (κ1) is 9.46. The molecule has 0 saturated heterocycles. The summed E-state index contributed by atoms with van der Waals surface area (Å²) in [5.41, 5.74) is 2.99. The molecule has 0 bridgehead atoms. The fourth-order valence-electron chi connectivity index (χ4n) is 1.05. The zero-order chi connectivity index (χ0) is 9.68. The Kier molecular flexibility index (Phi) is 3.21. The molecule has 1 aromatic rings. The van der Waals surface area contributed by atoms with Gasteiger partial charge < -0.3 is 0 Å². The van der Waals surface area contributed by atoms with Gasteiger partial charge in [0.2, 0.25) is 0 Å². The van der Waals surface area contributed by atoms with Crippen LogP contribution in [0.1, 0.15) is 17.0 Å². The topological polar surface area (TPSA) is 12.9 Å². The molecule has 13 heavy (non-hydrogen) atoms. The normalized spacial score (nSPS) is 10.2. The number of aryl methyl sites for hydroxylation is 1. The van der Waals surface area contributed by atoms with Gasteiger partial charge in [-0.3, -0.25) is 4.98 Å². The molecule has 0 aliphatic heterocycles. The van der Waals surface area contributed by atoms with Crippen LogP contribution in [-0.2, 0) is 0 Å². The second-order valence-electron chi connectivity index (χ2n) is 2.73. The number of rotatable bonds is 3. The molecule has 0 unspecified atom stereocenters. The maximum Gasteiger partial charge on any atom is 0.0704 e. The van der Waals surface area contributed by atoms with E-state index >= 15 is 0 Å². The summed E-state index contributed by atoms with van der Waals surface area (Å²) in [6.45, 7) is 9.31. The van der Waals surface area contributed by atoms with Gasteiger partial charge in [0, 0.05) is 5.69 Å². The van der Waals surface area contributed by atoms with Gasteiger partial charge in [-0.2, -0.15) is 0 Å². The lowest BCUT2D eigenvalue weighted by molar-refractivity contribution is 1.17. The van der Waals surface area contributed by atoms with E-state index in [1.807, 2.05) is 31.2 Å². The van der Waals surface area contributed by atoms with Gasteiger partial charge in [-0.1, -0.05) is 37.5 Å². The molecule has 0 saturated carbocycles. The number of allylic oxidation sites excluding steroid dienone is 2. The van der Waals surface area contributed by atoms with E-state index in [1.165, 1.54) is 0 Å². The van der Waals surface area contributed by atoms with Crippen molar-refractivity contribution < 1.29 is 0 Å². The first-order valence-corrected chi connectivity index (χ1v) is 4.17. The van der Waals surface area contributed by atoms with Gasteiger partial charge in [-0.15, -0.1) is 0 Å². The molecule has 0 aromatic carbocycles. The van der Waals surface area contributed by atoms with E-state index in [0.29, 0.717) is 0 Å². The molecule has 1 heterocycles. The summed E-state index contributed by atoms with van der Waals surface area (Å²) >= 11 is 0. The summed E-state index contributed by atoms with van der Waals surface area (Å²) in [5, 5.41) is 0. The van der Waals surface area contributed by atoms with Gasteiger partial charge in [0.25, 0.3) is 0 Å². The van der Waals surface area contributed by atoms with Crippen LogP contribution in [0.4, 0.5) is 0 Å². The molecule has 0 N–H and O–H groups in total. The Hall–Kier alpha value is -1.63. The van der Waals surface area contributed by atoms with Gasteiger partial charge >= 0.3 is 0 Å². The van der Waals surface area contributed by atoms with Crippen LogP contribution >= 0.6 is 0 Å². The van der Waals surface area contributed by atoms with E-state index in [1.54, 1.807) is 12.2 Å². The van der Waals surface area contributed by atoms with Gasteiger partial charge in [0.1, 0.15) is 0 Å². The SMILES string of the molecule is C=C/C=C\c1nc(C)ccc1C=C. The third kappa shape index (κ3) is 2.41. The molecule has 1 nitrogen and oxygen atoms in total. The average Bonchev–Trinajstić information content (AvgIpc) is 2.15. The molecule has 0 fully saturated rings. The summed E-state index contributed by atoms with van der Waals surface area (Å²) in [4.78, 5) is 4.38. The second kappa shape index (κ2) is 4.41. The number of hydrogen-bond acceptors (Lipinski definition) is 1. The van der Waals surface area contributed by atoms with Crippen LogP contribution in [0.2, 0.25) is 0 Å². The van der Waals surface area contributed by atoms with Crippen molar-refractivity contribution in [2.24, 2.45) is 0 Å². The summed E-state index contributed by atoms with van der Waals surface area (Å²) in [7, 11) is 0. The van der Waals surface area contributed by atoms with Crippen LogP contribution in [-0.4, -0.2) is 4.98 Å². The molecular weight excluding hydrogens is 158 g/mol. The summed E-state index contributed by atoms with van der Waals surface area (Å²) in [5.74, 6) is 0. The summed E-state index contributed by atoms with van der Waals surface area (Å²) < 4.78 is 0. The molecule has 0 spiro atoms. The van der Waals surface area contributed by atoms with Gasteiger partial charge in [0.05, 0.1) is 5.69 Å². The summed E-state index contributed by atoms with van der Waals surface area (Å²) in [6.07, 6.45) is 7.33. The predicted octanol–water partition coefficient (Wildman–Crippen LogP) is 3.23. The molecule has 1 heteroatoms. The van der Waals surface area contributed by atoms with Crippen LogP contribution in [0.5, 0.6) is 0 Å². The van der Waals surface area contributed by atoms with E-state index in [0.717, 1.165) is 17.0 Å². The Balaban J connectivity index is 3.14. The van der Waals surface area contributed by atoms with Crippen molar-refractivity contribution in [1.29, 1.82) is 0 Å². The smallest absolute Gasteiger partial charge is 0.0704 e. The lowest BCUT2D eigenvalue weighted by Gasteiger charge is -2.00. The van der Waals surface area contributed by atoms with E-state index in [4.69, 9.17) is 0 Å². The number of pyridine rings is 1. The minimum Gasteiger partial charge on any atom is -0.253 e. The Labute approximate surface area is 79.1 Å². The van der Waals surface area contributed by atoms with Crippen LogP contribution < -0.4 is 0 Å². The highest BCUT2D eigenvalue weighted by Crippen LogP contribution is 2.10. The van der Waals surface area contributed by atoms with Crippen LogP contribution in [0.3, 0.4) is 0 Å². The van der Waals surface area contributed by atoms with Crippen molar-refractivity contribution in [3.05, 3.63) is 54.4 Å². The molecular formula is C12H13N. The average molecular weight is 171 g/mol. The molecule has 0 amide bonds. The molecule has 0 aliphatic rings. The van der Waals surface area contributed by atoms with Crippen molar-refractivity contribution in [3.63, 3.8) is 0 Å². The van der Waals surface area contributed by atoms with Gasteiger partial charge in [0.15, 0.2) is 0 Å². The molecule has 1 aromatic heterocycles. The van der Waals surface area contributed by atoms with Crippen LogP contribution in [0.25, 0.3) is 12.2 Å². The fraction of sp³-hybridized carbons (Fsp3) is 0.0833. The van der Waals surface area contributed by atoms with Crippen molar-refractivity contribution in [2.45, 2.75) is 6.92 Å². The van der Waals surface area contributed by atoms with Crippen molar-refractivity contribution in [1.82, 2.24) is 4.98 Å². The highest BCUT2D eigenvalue weighted by atomic mass is 14.7. The third-order valence-corrected chi connectivity index (χ3v) is 1.71. The van der Waals surface area contributed by atoms with Crippen molar-refractivity contribution in [3.8, 4) is 0 Å². The van der Waals surface area contributed by atoms with Crippen LogP contribution in [0.15, 0.2) is 37.4 Å². The zero-order valence-corrected chi connectivity index (χ0v) is 7.83. The first-order chi connectivity index (χ1) is 6.27. The Bertz CT molecular complexity index is 348. The highest BCUT2D eigenvalue weighted by Gasteiger charge is 1.96. The predicted molar refractivity (Wildman–Crippen MR) is 58.3 cm³/mol. The Morgan fingerprint density at radius 1 is 1.31 bits per heavy atom. The van der Waals surface area contributed by atoms with E-state index < -0.39 is 0 Å². The highest BCUT2D eigenvalue weighted by molar-refractivity contribution is 5.62. The number of nitrogens with zero attached hydrogens (tertiary/aromatic N) is 1. The quantitative estimate of drug-likeness (QED) is 0.636. The molecule has 66 valence electrons. The minimum absolute atomic E-state index is 0.940. The van der Waals surface area contributed by atoms with Gasteiger partial charge in [-0.05, 0) is 24.6 Å². The molecule has 0 radical (unpaired) electrons. The third-order valence-electron chi connectivity index (χ3n) is 1.71. The monoisotopic (exact) mass is 171 g/mol. The number of aromatic nitrogens is 1. The molecule has 0 aliphatic carbocycles. The second-order valence-corrected chi connectivity index (χ2v) is 2.73. The standard InChI is InChI=1S/C12H13N/c1-4-6-7-12-11(5-2)9-8-10(3)13-12/h4-9H,1-2H2,3H3/b7-6-. The van der Waals surface area contributed by atoms with Crippen molar-refractivity contribution in [2.75, 3.05) is 0 Å².